The van der Waals surface area contributed by atoms with Gasteiger partial charge in [0.05, 0.1) is 18.0 Å². The topological polar surface area (TPSA) is 66.0 Å². The van der Waals surface area contributed by atoms with Crippen molar-refractivity contribution in [3.63, 3.8) is 0 Å². The number of alkyl halides is 3. The standard InChI is InChI=1S/C11H13F3N4O/c1-10(6-15)3-2-4-18(7-10)5-8-16-9(17-19-8)11(12,13)14/h2-5,7H2,1H3. The minimum absolute atomic E-state index is 0.0745. The normalized spacial score (nSPS) is 25.2. The highest BCUT2D eigenvalue weighted by Crippen LogP contribution is 2.30. The van der Waals surface area contributed by atoms with Crippen LogP contribution in [0, 0.1) is 16.7 Å². The van der Waals surface area contributed by atoms with Gasteiger partial charge in [-0.1, -0.05) is 5.16 Å². The zero-order valence-corrected chi connectivity index (χ0v) is 10.4. The van der Waals surface area contributed by atoms with Crippen molar-refractivity contribution in [3.8, 4) is 6.07 Å². The molecule has 1 aliphatic heterocycles. The highest BCUT2D eigenvalue weighted by molar-refractivity contribution is 5.00. The molecule has 0 aromatic carbocycles. The Morgan fingerprint density at radius 2 is 2.26 bits per heavy atom. The van der Waals surface area contributed by atoms with Crippen LogP contribution in [0.3, 0.4) is 0 Å². The van der Waals surface area contributed by atoms with Crippen LogP contribution in [-0.4, -0.2) is 28.1 Å². The lowest BCUT2D eigenvalue weighted by molar-refractivity contribution is -0.146. The van der Waals surface area contributed by atoms with Crippen molar-refractivity contribution in [2.45, 2.75) is 32.5 Å². The van der Waals surface area contributed by atoms with E-state index in [4.69, 9.17) is 5.26 Å². The first kappa shape index (κ1) is 13.8. The Balaban J connectivity index is 2.02. The Morgan fingerprint density at radius 1 is 1.53 bits per heavy atom. The summed E-state index contributed by atoms with van der Waals surface area (Å²) >= 11 is 0. The van der Waals surface area contributed by atoms with E-state index < -0.39 is 17.4 Å². The fourth-order valence-electron chi connectivity index (χ4n) is 2.20. The molecule has 1 aliphatic rings. The monoisotopic (exact) mass is 274 g/mol. The predicted molar refractivity (Wildman–Crippen MR) is 57.5 cm³/mol. The summed E-state index contributed by atoms with van der Waals surface area (Å²) < 4.78 is 41.5. The maximum Gasteiger partial charge on any atom is 0.455 e. The summed E-state index contributed by atoms with van der Waals surface area (Å²) in [4.78, 5) is 5.18. The third-order valence-electron chi connectivity index (χ3n) is 3.13. The second-order valence-electron chi connectivity index (χ2n) is 5.00. The summed E-state index contributed by atoms with van der Waals surface area (Å²) in [5.41, 5.74) is -0.467. The van der Waals surface area contributed by atoms with E-state index in [1.165, 1.54) is 0 Å². The van der Waals surface area contributed by atoms with Crippen molar-refractivity contribution in [1.29, 1.82) is 5.26 Å². The number of hydrogen-bond acceptors (Lipinski definition) is 5. The summed E-state index contributed by atoms with van der Waals surface area (Å²) in [5, 5.41) is 12.0. The summed E-state index contributed by atoms with van der Waals surface area (Å²) in [6.07, 6.45) is -2.98. The Bertz CT molecular complexity index is 493. The molecule has 1 saturated heterocycles. The van der Waals surface area contributed by atoms with Gasteiger partial charge in [-0.05, 0) is 26.3 Å². The molecular weight excluding hydrogens is 261 g/mol. The number of aromatic nitrogens is 2. The highest BCUT2D eigenvalue weighted by Gasteiger charge is 2.38. The van der Waals surface area contributed by atoms with Crippen LogP contribution in [-0.2, 0) is 12.7 Å². The Morgan fingerprint density at radius 3 is 2.84 bits per heavy atom. The zero-order valence-electron chi connectivity index (χ0n) is 10.4. The first-order chi connectivity index (χ1) is 8.82. The quantitative estimate of drug-likeness (QED) is 0.827. The van der Waals surface area contributed by atoms with Crippen LogP contribution in [0.2, 0.25) is 0 Å². The Hall–Kier alpha value is -1.62. The highest BCUT2D eigenvalue weighted by atomic mass is 19.4. The van der Waals surface area contributed by atoms with E-state index in [-0.39, 0.29) is 12.4 Å². The molecule has 1 atom stereocenters. The molecule has 8 heteroatoms. The Kier molecular flexibility index (Phi) is 3.49. The number of nitriles is 1. The van der Waals surface area contributed by atoms with Gasteiger partial charge in [0.15, 0.2) is 0 Å². The molecular formula is C11H13F3N4O. The van der Waals surface area contributed by atoms with Gasteiger partial charge in [-0.25, -0.2) is 0 Å². The number of hydrogen-bond donors (Lipinski definition) is 0. The number of halogens is 3. The van der Waals surface area contributed by atoms with Gasteiger partial charge >= 0.3 is 6.18 Å². The van der Waals surface area contributed by atoms with Crippen molar-refractivity contribution >= 4 is 0 Å². The van der Waals surface area contributed by atoms with Crippen LogP contribution in [0.5, 0.6) is 0 Å². The summed E-state index contributed by atoms with van der Waals surface area (Å²) in [7, 11) is 0. The number of nitrogens with zero attached hydrogens (tertiary/aromatic N) is 4. The molecule has 0 amide bonds. The molecule has 2 rings (SSSR count). The van der Waals surface area contributed by atoms with E-state index in [0.717, 1.165) is 12.8 Å². The molecule has 1 fully saturated rings. The lowest BCUT2D eigenvalue weighted by Crippen LogP contribution is -2.40. The minimum atomic E-state index is -4.59. The summed E-state index contributed by atoms with van der Waals surface area (Å²) in [6, 6.07) is 2.24. The maximum atomic E-state index is 12.3. The average molecular weight is 274 g/mol. The number of likely N-dealkylation sites (tertiary alicyclic amines) is 1. The second-order valence-corrected chi connectivity index (χ2v) is 5.00. The third kappa shape index (κ3) is 3.23. The van der Waals surface area contributed by atoms with Gasteiger partial charge in [-0.2, -0.15) is 23.4 Å². The van der Waals surface area contributed by atoms with E-state index in [1.54, 1.807) is 0 Å². The Labute approximate surface area is 108 Å². The molecule has 104 valence electrons. The molecule has 1 unspecified atom stereocenters. The lowest BCUT2D eigenvalue weighted by Gasteiger charge is -2.34. The molecule has 1 aromatic rings. The van der Waals surface area contributed by atoms with Crippen LogP contribution >= 0.6 is 0 Å². The van der Waals surface area contributed by atoms with E-state index in [0.29, 0.717) is 13.1 Å². The second kappa shape index (κ2) is 4.81. The first-order valence-electron chi connectivity index (χ1n) is 5.86. The fourth-order valence-corrected chi connectivity index (χ4v) is 2.20. The molecule has 0 spiro atoms. The summed E-state index contributed by atoms with van der Waals surface area (Å²) in [5.74, 6) is -1.34. The fraction of sp³-hybridized carbons (Fsp3) is 0.727. The van der Waals surface area contributed by atoms with E-state index >= 15 is 0 Å². The van der Waals surface area contributed by atoms with Crippen LogP contribution in [0.15, 0.2) is 4.52 Å². The maximum absolute atomic E-state index is 12.3. The van der Waals surface area contributed by atoms with Crippen molar-refractivity contribution in [3.05, 3.63) is 11.7 Å². The van der Waals surface area contributed by atoms with Crippen LogP contribution in [0.4, 0.5) is 13.2 Å². The van der Waals surface area contributed by atoms with E-state index in [1.807, 2.05) is 11.8 Å². The smallest absolute Gasteiger partial charge is 0.338 e. The van der Waals surface area contributed by atoms with E-state index in [9.17, 15) is 13.2 Å². The van der Waals surface area contributed by atoms with Gasteiger partial charge < -0.3 is 4.52 Å². The van der Waals surface area contributed by atoms with Crippen LogP contribution < -0.4 is 0 Å². The number of piperidine rings is 1. The largest absolute Gasteiger partial charge is 0.455 e. The van der Waals surface area contributed by atoms with Gasteiger partial charge in [-0.15, -0.1) is 0 Å². The van der Waals surface area contributed by atoms with E-state index in [2.05, 4.69) is 20.7 Å². The van der Waals surface area contributed by atoms with Gasteiger partial charge in [0.2, 0.25) is 5.89 Å². The average Bonchev–Trinajstić information content (AvgIpc) is 2.77. The SMILES string of the molecule is CC1(C#N)CCCN(Cc2nc(C(F)(F)F)no2)C1. The lowest BCUT2D eigenvalue weighted by atomic mass is 9.83. The van der Waals surface area contributed by atoms with Crippen LogP contribution in [0.1, 0.15) is 31.5 Å². The molecule has 0 aliphatic carbocycles. The van der Waals surface area contributed by atoms with Gasteiger partial charge in [0.25, 0.3) is 5.82 Å². The molecule has 1 aromatic heterocycles. The third-order valence-corrected chi connectivity index (χ3v) is 3.13. The van der Waals surface area contributed by atoms with Crippen molar-refractivity contribution in [2.24, 2.45) is 5.41 Å². The molecule has 19 heavy (non-hydrogen) atoms. The zero-order chi connectivity index (χ0) is 14.1. The predicted octanol–water partition coefficient (Wildman–Crippen LogP) is 2.21. The van der Waals surface area contributed by atoms with Gasteiger partial charge in [0, 0.05) is 6.54 Å². The molecule has 0 radical (unpaired) electrons. The molecule has 5 nitrogen and oxygen atoms in total. The number of rotatable bonds is 2. The molecule has 0 N–H and O–H groups in total. The first-order valence-corrected chi connectivity index (χ1v) is 5.86. The summed E-state index contributed by atoms with van der Waals surface area (Å²) in [6.45, 7) is 3.18. The van der Waals surface area contributed by atoms with Crippen LogP contribution in [0.25, 0.3) is 0 Å². The molecule has 0 saturated carbocycles. The van der Waals surface area contributed by atoms with Gasteiger partial charge in [0.1, 0.15) is 0 Å². The molecule has 0 bridgehead atoms. The van der Waals surface area contributed by atoms with Crippen molar-refractivity contribution in [1.82, 2.24) is 15.0 Å². The van der Waals surface area contributed by atoms with Crippen molar-refractivity contribution < 1.29 is 17.7 Å². The van der Waals surface area contributed by atoms with Crippen molar-refractivity contribution in [2.75, 3.05) is 13.1 Å². The molecule has 2 heterocycles. The minimum Gasteiger partial charge on any atom is -0.338 e. The van der Waals surface area contributed by atoms with Gasteiger partial charge in [-0.3, -0.25) is 4.90 Å².